The number of rotatable bonds is 2. The van der Waals surface area contributed by atoms with E-state index >= 15 is 0 Å². The maximum Gasteiger partial charge on any atom is 0.0771 e. The summed E-state index contributed by atoms with van der Waals surface area (Å²) in [5.41, 5.74) is -0.634. The zero-order chi connectivity index (χ0) is 18.9. The van der Waals surface area contributed by atoms with Crippen LogP contribution in [0.4, 0.5) is 0 Å². The molecule has 7 bridgehead atoms. The molecule has 27 heavy (non-hydrogen) atoms. The number of hydrogen-bond acceptors (Lipinski definition) is 5. The van der Waals surface area contributed by atoms with Crippen molar-refractivity contribution in [3.63, 3.8) is 0 Å². The van der Waals surface area contributed by atoms with Crippen LogP contribution in [0.25, 0.3) is 0 Å². The second-order valence-electron chi connectivity index (χ2n) is 11.1. The number of likely N-dealkylation sites (tertiary alicyclic amines) is 1. The smallest absolute Gasteiger partial charge is 0.0771 e. The van der Waals surface area contributed by atoms with Crippen molar-refractivity contribution in [3.8, 4) is 0 Å². The Bertz CT molecular complexity index is 673. The Morgan fingerprint density at radius 1 is 1.19 bits per heavy atom. The third kappa shape index (κ3) is 1.66. The van der Waals surface area contributed by atoms with Gasteiger partial charge in [0.05, 0.1) is 23.9 Å². The maximum atomic E-state index is 12.0. The van der Waals surface area contributed by atoms with Crippen molar-refractivity contribution in [1.29, 1.82) is 0 Å². The molecule has 6 fully saturated rings. The molecule has 0 aromatic rings. The first-order valence-corrected chi connectivity index (χ1v) is 11.2. The van der Waals surface area contributed by atoms with Crippen molar-refractivity contribution in [2.75, 3.05) is 20.2 Å². The molecule has 5 aliphatic carbocycles. The van der Waals surface area contributed by atoms with E-state index in [4.69, 9.17) is 4.74 Å². The zero-order valence-electron chi connectivity index (χ0n) is 16.8. The van der Waals surface area contributed by atoms with Crippen LogP contribution in [0, 0.1) is 40.4 Å². The van der Waals surface area contributed by atoms with E-state index in [0.29, 0.717) is 18.4 Å². The third-order valence-corrected chi connectivity index (χ3v) is 10.7. The number of aliphatic hydroxyl groups excluding tert-OH is 2. The van der Waals surface area contributed by atoms with Gasteiger partial charge in [-0.2, -0.15) is 0 Å². The van der Waals surface area contributed by atoms with Crippen LogP contribution in [0.15, 0.2) is 0 Å². The maximum absolute atomic E-state index is 12.0. The lowest BCUT2D eigenvalue weighted by atomic mass is 9.43. The Kier molecular flexibility index (Phi) is 3.33. The van der Waals surface area contributed by atoms with E-state index in [0.717, 1.165) is 32.4 Å². The Hall–Kier alpha value is -0.200. The van der Waals surface area contributed by atoms with Crippen molar-refractivity contribution < 1.29 is 20.1 Å². The van der Waals surface area contributed by atoms with Gasteiger partial charge in [-0.3, -0.25) is 4.90 Å². The molecule has 5 heteroatoms. The van der Waals surface area contributed by atoms with Crippen LogP contribution in [-0.2, 0) is 4.74 Å². The second-order valence-corrected chi connectivity index (χ2v) is 11.1. The van der Waals surface area contributed by atoms with Gasteiger partial charge in [0, 0.05) is 49.3 Å². The second kappa shape index (κ2) is 5.10. The summed E-state index contributed by atoms with van der Waals surface area (Å²) in [4.78, 5) is 2.65. The van der Waals surface area contributed by atoms with Crippen LogP contribution in [0.1, 0.15) is 46.0 Å². The van der Waals surface area contributed by atoms with Gasteiger partial charge in [0.25, 0.3) is 0 Å². The molecule has 6 aliphatic rings. The predicted molar refractivity (Wildman–Crippen MR) is 99.9 cm³/mol. The van der Waals surface area contributed by atoms with Crippen LogP contribution in [-0.4, -0.2) is 70.4 Å². The van der Waals surface area contributed by atoms with E-state index in [1.165, 1.54) is 6.42 Å². The van der Waals surface area contributed by atoms with Gasteiger partial charge < -0.3 is 20.1 Å². The van der Waals surface area contributed by atoms with E-state index in [1.54, 1.807) is 0 Å². The number of nitrogens with zero attached hydrogens (tertiary/aromatic N) is 1. The van der Waals surface area contributed by atoms with Crippen molar-refractivity contribution in [3.05, 3.63) is 0 Å². The largest absolute Gasteiger partial charge is 0.393 e. The van der Waals surface area contributed by atoms with Crippen LogP contribution < -0.4 is 0 Å². The minimum absolute atomic E-state index is 0.0252. The van der Waals surface area contributed by atoms with Crippen molar-refractivity contribution in [2.24, 2.45) is 40.4 Å². The van der Waals surface area contributed by atoms with E-state index in [1.807, 2.05) is 7.11 Å². The number of aliphatic hydroxyl groups is 3. The normalized spacial score (nSPS) is 66.2. The Balaban J connectivity index is 1.61. The molecule has 1 saturated heterocycles. The first-order valence-electron chi connectivity index (χ1n) is 11.2. The average Bonchev–Trinajstić information content (AvgIpc) is 3.06. The molecule has 1 spiro atoms. The van der Waals surface area contributed by atoms with Crippen molar-refractivity contribution in [1.82, 2.24) is 4.90 Å². The molecule has 5 saturated carbocycles. The lowest BCUT2D eigenvalue weighted by Crippen LogP contribution is -2.75. The fourth-order valence-corrected chi connectivity index (χ4v) is 10.1. The molecule has 1 heterocycles. The zero-order valence-corrected chi connectivity index (χ0v) is 16.8. The molecule has 12 atom stereocenters. The van der Waals surface area contributed by atoms with Gasteiger partial charge in [-0.25, -0.2) is 0 Å². The van der Waals surface area contributed by atoms with Gasteiger partial charge >= 0.3 is 0 Å². The highest BCUT2D eigenvalue weighted by Gasteiger charge is 2.82. The fourth-order valence-electron chi connectivity index (χ4n) is 10.1. The summed E-state index contributed by atoms with van der Waals surface area (Å²) in [5, 5.41) is 34.0. The van der Waals surface area contributed by atoms with Gasteiger partial charge in [-0.15, -0.1) is 0 Å². The molecule has 0 radical (unpaired) electrons. The number of fused-ring (bicyclic) bond motifs is 2. The standard InChI is InChI=1S/C22H35NO4/c1-4-23-10-20(2)6-5-16(27-3)22-12-7-11-14(24)9-21(26,17(12)18(11)25)13(19(22)23)8-15(20)22/h11-19,24-26H,4-10H2,1-3H3/t11-,12?,13?,14+,15?,16?,17?,18?,19?,20+,21+,22?/m1/s1. The molecule has 3 N–H and O–H groups in total. The summed E-state index contributed by atoms with van der Waals surface area (Å²) in [6.45, 7) is 6.85. The summed E-state index contributed by atoms with van der Waals surface area (Å²) >= 11 is 0. The first-order chi connectivity index (χ1) is 12.8. The summed E-state index contributed by atoms with van der Waals surface area (Å²) in [6.07, 6.45) is 3.68. The van der Waals surface area contributed by atoms with Crippen LogP contribution in [0.2, 0.25) is 0 Å². The van der Waals surface area contributed by atoms with E-state index in [9.17, 15) is 15.3 Å². The summed E-state index contributed by atoms with van der Waals surface area (Å²) in [6, 6.07) is 0.327. The molecule has 5 nitrogen and oxygen atoms in total. The Morgan fingerprint density at radius 2 is 1.96 bits per heavy atom. The number of piperidine rings is 1. The van der Waals surface area contributed by atoms with E-state index in [-0.39, 0.29) is 40.6 Å². The lowest BCUT2D eigenvalue weighted by Gasteiger charge is -2.69. The number of hydrogen-bond donors (Lipinski definition) is 3. The quantitative estimate of drug-likeness (QED) is 0.676. The highest BCUT2D eigenvalue weighted by Crippen LogP contribution is 2.78. The van der Waals surface area contributed by atoms with Crippen LogP contribution in [0.5, 0.6) is 0 Å². The highest BCUT2D eigenvalue weighted by atomic mass is 16.5. The fraction of sp³-hybridized carbons (Fsp3) is 1.00. The monoisotopic (exact) mass is 377 g/mol. The van der Waals surface area contributed by atoms with Crippen LogP contribution in [0.3, 0.4) is 0 Å². The molecule has 1 aliphatic heterocycles. The molecule has 6 rings (SSSR count). The van der Waals surface area contributed by atoms with Gasteiger partial charge in [-0.05, 0) is 49.5 Å². The minimum atomic E-state index is -0.930. The molecule has 8 unspecified atom stereocenters. The highest BCUT2D eigenvalue weighted by molar-refractivity contribution is 5.32. The molecule has 0 aromatic carbocycles. The topological polar surface area (TPSA) is 73.2 Å². The molecule has 0 amide bonds. The summed E-state index contributed by atoms with van der Waals surface area (Å²) in [7, 11) is 1.87. The molecule has 0 aromatic heterocycles. The number of methoxy groups -OCH3 is 1. The predicted octanol–water partition coefficient (Wildman–Crippen LogP) is 1.25. The molecular weight excluding hydrogens is 342 g/mol. The average molecular weight is 378 g/mol. The SMILES string of the molecule is CCN1C[C@]2(C)CCC(OC)C34C5C[C@H]6C(O)C5[C@](O)(C[C@@H]6O)C(CC32)C14. The van der Waals surface area contributed by atoms with E-state index in [2.05, 4.69) is 18.7 Å². The van der Waals surface area contributed by atoms with Crippen molar-refractivity contribution in [2.45, 2.75) is 75.9 Å². The molecular formula is C22H35NO4. The van der Waals surface area contributed by atoms with Gasteiger partial charge in [0.15, 0.2) is 0 Å². The molecule has 152 valence electrons. The van der Waals surface area contributed by atoms with Gasteiger partial charge in [0.1, 0.15) is 0 Å². The first kappa shape index (κ1) is 17.6. The minimum Gasteiger partial charge on any atom is -0.393 e. The number of ether oxygens (including phenoxy) is 1. The van der Waals surface area contributed by atoms with Gasteiger partial charge in [0.2, 0.25) is 0 Å². The summed E-state index contributed by atoms with van der Waals surface area (Å²) in [5.74, 6) is 0.797. The Labute approximate surface area is 162 Å². The third-order valence-electron chi connectivity index (χ3n) is 10.7. The summed E-state index contributed by atoms with van der Waals surface area (Å²) < 4.78 is 6.21. The lowest BCUT2D eigenvalue weighted by molar-refractivity contribution is -0.269. The van der Waals surface area contributed by atoms with Crippen molar-refractivity contribution >= 4 is 0 Å². The van der Waals surface area contributed by atoms with Crippen LogP contribution >= 0.6 is 0 Å². The van der Waals surface area contributed by atoms with Gasteiger partial charge in [-0.1, -0.05) is 13.8 Å². The Morgan fingerprint density at radius 3 is 2.67 bits per heavy atom. The van der Waals surface area contributed by atoms with E-state index < -0.39 is 17.8 Å².